The number of hydrogen-bond acceptors (Lipinski definition) is 3. The van der Waals surface area contributed by atoms with Gasteiger partial charge in [0.1, 0.15) is 0 Å². The number of nitrogens with zero attached hydrogens (tertiary/aromatic N) is 3. The summed E-state index contributed by atoms with van der Waals surface area (Å²) in [7, 11) is 0. The van der Waals surface area contributed by atoms with E-state index in [4.69, 9.17) is 9.98 Å². The van der Waals surface area contributed by atoms with Crippen LogP contribution in [-0.4, -0.2) is 48.5 Å². The summed E-state index contributed by atoms with van der Waals surface area (Å²) in [6.45, 7) is 4.34. The molecular formula is C22H39N3. The van der Waals surface area contributed by atoms with E-state index in [0.29, 0.717) is 0 Å². The molecule has 0 aliphatic heterocycles. The van der Waals surface area contributed by atoms with Gasteiger partial charge in [-0.05, 0) is 64.2 Å². The van der Waals surface area contributed by atoms with Gasteiger partial charge in [-0.25, -0.2) is 0 Å². The highest BCUT2D eigenvalue weighted by Gasteiger charge is 2.20. The lowest BCUT2D eigenvalue weighted by molar-refractivity contribution is 0.165. The largest absolute Gasteiger partial charge is 0.297 e. The molecule has 0 bridgehead atoms. The lowest BCUT2D eigenvalue weighted by Gasteiger charge is -2.34. The Balaban J connectivity index is 1.47. The van der Waals surface area contributed by atoms with Crippen molar-refractivity contribution in [3.05, 3.63) is 0 Å². The van der Waals surface area contributed by atoms with Crippen LogP contribution in [-0.2, 0) is 0 Å². The van der Waals surface area contributed by atoms with Crippen LogP contribution in [0.3, 0.4) is 0 Å². The Kier molecular flexibility index (Phi) is 8.47. The quantitative estimate of drug-likeness (QED) is 0.604. The van der Waals surface area contributed by atoms with Gasteiger partial charge in [-0.3, -0.25) is 14.9 Å². The lowest BCUT2D eigenvalue weighted by atomic mass is 9.94. The first kappa shape index (κ1) is 19.1. The Morgan fingerprint density at radius 3 is 1.52 bits per heavy atom. The molecule has 0 aromatic heterocycles. The van der Waals surface area contributed by atoms with Crippen LogP contribution in [0.25, 0.3) is 0 Å². The molecule has 142 valence electrons. The van der Waals surface area contributed by atoms with Gasteiger partial charge in [0, 0.05) is 30.6 Å². The molecule has 0 N–H and O–H groups in total. The van der Waals surface area contributed by atoms with E-state index in [1.54, 1.807) is 0 Å². The highest BCUT2D eigenvalue weighted by molar-refractivity contribution is 5.85. The van der Waals surface area contributed by atoms with Crippen LogP contribution in [0.4, 0.5) is 0 Å². The third kappa shape index (κ3) is 6.84. The highest BCUT2D eigenvalue weighted by atomic mass is 15.2. The Morgan fingerprint density at radius 1 is 0.600 bits per heavy atom. The van der Waals surface area contributed by atoms with Crippen molar-refractivity contribution in [2.24, 2.45) is 9.98 Å². The Labute approximate surface area is 155 Å². The molecule has 25 heavy (non-hydrogen) atoms. The van der Waals surface area contributed by atoms with Crippen molar-refractivity contribution >= 4 is 11.4 Å². The maximum atomic E-state index is 4.95. The molecule has 3 heteroatoms. The first-order chi connectivity index (χ1) is 12.4. The van der Waals surface area contributed by atoms with Crippen molar-refractivity contribution in [1.29, 1.82) is 0 Å². The topological polar surface area (TPSA) is 28.0 Å². The van der Waals surface area contributed by atoms with E-state index in [2.05, 4.69) is 4.90 Å². The van der Waals surface area contributed by atoms with E-state index in [-0.39, 0.29) is 0 Å². The normalized spacial score (nSPS) is 23.1. The van der Waals surface area contributed by atoms with Crippen molar-refractivity contribution in [3.8, 4) is 0 Å². The minimum atomic E-state index is 0.798. The highest BCUT2D eigenvalue weighted by Crippen LogP contribution is 2.23. The molecular weight excluding hydrogens is 306 g/mol. The number of rotatable bonds is 7. The van der Waals surface area contributed by atoms with Gasteiger partial charge in [0.25, 0.3) is 0 Å². The minimum absolute atomic E-state index is 0.798. The molecule has 3 nitrogen and oxygen atoms in total. The summed E-state index contributed by atoms with van der Waals surface area (Å²) >= 11 is 0. The fraction of sp³-hybridized carbons (Fsp3) is 0.909. The van der Waals surface area contributed by atoms with Crippen LogP contribution in [0.1, 0.15) is 96.3 Å². The summed E-state index contributed by atoms with van der Waals surface area (Å²) in [6, 6.07) is 0.798. The Morgan fingerprint density at radius 2 is 1.04 bits per heavy atom. The summed E-state index contributed by atoms with van der Waals surface area (Å²) in [5, 5.41) is 0. The molecule has 0 amide bonds. The van der Waals surface area contributed by atoms with Gasteiger partial charge in [0.15, 0.2) is 0 Å². The molecule has 0 unspecified atom stereocenters. The molecule has 0 atom stereocenters. The molecule has 0 saturated heterocycles. The molecule has 3 saturated carbocycles. The van der Waals surface area contributed by atoms with Gasteiger partial charge < -0.3 is 0 Å². The van der Waals surface area contributed by atoms with Gasteiger partial charge in [-0.15, -0.1) is 0 Å². The predicted octanol–water partition coefficient (Wildman–Crippen LogP) is 5.43. The second kappa shape index (κ2) is 11.1. The number of hydrogen-bond donors (Lipinski definition) is 0. The Hall–Kier alpha value is -0.700. The van der Waals surface area contributed by atoms with Crippen molar-refractivity contribution in [2.45, 2.75) is 102 Å². The zero-order valence-corrected chi connectivity index (χ0v) is 16.4. The fourth-order valence-electron chi connectivity index (χ4n) is 4.83. The molecule has 3 fully saturated rings. The molecule has 3 aliphatic rings. The Bertz CT molecular complexity index is 387. The summed E-state index contributed by atoms with van der Waals surface area (Å²) in [5.41, 5.74) is 2.99. The summed E-state index contributed by atoms with van der Waals surface area (Å²) in [6.07, 6.45) is 20.4. The van der Waals surface area contributed by atoms with Crippen molar-refractivity contribution < 1.29 is 0 Å². The first-order valence-corrected chi connectivity index (χ1v) is 11.2. The minimum Gasteiger partial charge on any atom is -0.297 e. The van der Waals surface area contributed by atoms with Crippen molar-refractivity contribution in [3.63, 3.8) is 0 Å². The molecule has 3 aliphatic carbocycles. The lowest BCUT2D eigenvalue weighted by Crippen LogP contribution is -2.40. The standard InChI is InChI=1S/C22H39N3/c1-4-10-20(11-5-1)23-16-18-25(22-14-8-3-9-15-22)19-17-24-21-12-6-2-7-13-21/h22H,1-19H2. The molecule has 0 aromatic carbocycles. The van der Waals surface area contributed by atoms with E-state index >= 15 is 0 Å². The van der Waals surface area contributed by atoms with Gasteiger partial charge in [-0.1, -0.05) is 32.1 Å². The smallest absolute Gasteiger partial charge is 0.0516 e. The van der Waals surface area contributed by atoms with Gasteiger partial charge >= 0.3 is 0 Å². The summed E-state index contributed by atoms with van der Waals surface area (Å²) in [5.74, 6) is 0. The predicted molar refractivity (Wildman–Crippen MR) is 109 cm³/mol. The van der Waals surface area contributed by atoms with Gasteiger partial charge in [-0.2, -0.15) is 0 Å². The molecule has 0 heterocycles. The van der Waals surface area contributed by atoms with E-state index in [0.717, 1.165) is 32.2 Å². The third-order valence-electron chi connectivity index (χ3n) is 6.40. The van der Waals surface area contributed by atoms with Crippen LogP contribution in [0.5, 0.6) is 0 Å². The molecule has 0 radical (unpaired) electrons. The van der Waals surface area contributed by atoms with Crippen LogP contribution in [0.15, 0.2) is 9.98 Å². The van der Waals surface area contributed by atoms with Crippen molar-refractivity contribution in [1.82, 2.24) is 4.90 Å². The maximum Gasteiger partial charge on any atom is 0.0516 e. The maximum absolute atomic E-state index is 4.95. The second-order valence-electron chi connectivity index (χ2n) is 8.35. The van der Waals surface area contributed by atoms with E-state index in [1.807, 2.05) is 0 Å². The van der Waals surface area contributed by atoms with Crippen LogP contribution < -0.4 is 0 Å². The molecule has 0 aromatic rings. The van der Waals surface area contributed by atoms with Crippen LogP contribution in [0.2, 0.25) is 0 Å². The summed E-state index contributed by atoms with van der Waals surface area (Å²) in [4.78, 5) is 12.6. The fourth-order valence-corrected chi connectivity index (χ4v) is 4.83. The van der Waals surface area contributed by atoms with Gasteiger partial charge in [0.05, 0.1) is 13.1 Å². The first-order valence-electron chi connectivity index (χ1n) is 11.2. The molecule has 0 spiro atoms. The molecule has 3 rings (SSSR count). The van der Waals surface area contributed by atoms with E-state index in [1.165, 1.54) is 108 Å². The van der Waals surface area contributed by atoms with Crippen molar-refractivity contribution in [2.75, 3.05) is 26.2 Å². The average molecular weight is 346 g/mol. The summed E-state index contributed by atoms with van der Waals surface area (Å²) < 4.78 is 0. The number of aliphatic imine (C=N–C) groups is 2. The van der Waals surface area contributed by atoms with E-state index in [9.17, 15) is 0 Å². The van der Waals surface area contributed by atoms with E-state index < -0.39 is 0 Å². The third-order valence-corrected chi connectivity index (χ3v) is 6.40. The zero-order chi connectivity index (χ0) is 17.2. The van der Waals surface area contributed by atoms with Crippen LogP contribution in [0, 0.1) is 0 Å². The van der Waals surface area contributed by atoms with Gasteiger partial charge in [0.2, 0.25) is 0 Å². The SMILES string of the molecule is C1CCC(=NCCN(CCN=C2CCCCC2)C2CCCCC2)CC1. The van der Waals surface area contributed by atoms with Crippen LogP contribution >= 0.6 is 0 Å². The monoisotopic (exact) mass is 345 g/mol. The average Bonchev–Trinajstić information content (AvgIpc) is 2.69. The zero-order valence-electron chi connectivity index (χ0n) is 16.4. The second-order valence-corrected chi connectivity index (χ2v) is 8.35.